The van der Waals surface area contributed by atoms with Gasteiger partial charge in [0.25, 0.3) is 0 Å². The minimum atomic E-state index is -1.13. The standard InChI is InChI=1S/C24H30O7/c1-24(16-25)30-20-19(15-27-13-17-9-5-3-6-10-17)29-23(26-2)22(21(20)31-24)28-14-18-11-7-4-8-12-18/h3-12,19-23,25H,13-16H2,1-2H3/t19-,20+,21+,22-,23+,24+/m1/s1. The highest BCUT2D eigenvalue weighted by Crippen LogP contribution is 2.39. The van der Waals surface area contributed by atoms with Gasteiger partial charge in [0.2, 0.25) is 0 Å². The van der Waals surface area contributed by atoms with Gasteiger partial charge in [0, 0.05) is 7.11 Å². The average Bonchev–Trinajstić information content (AvgIpc) is 3.17. The van der Waals surface area contributed by atoms with Crippen LogP contribution >= 0.6 is 0 Å². The monoisotopic (exact) mass is 430 g/mol. The topological polar surface area (TPSA) is 75.6 Å². The van der Waals surface area contributed by atoms with Crippen molar-refractivity contribution in [1.82, 2.24) is 0 Å². The van der Waals surface area contributed by atoms with Crippen LogP contribution in [0.25, 0.3) is 0 Å². The second-order valence-corrected chi connectivity index (χ2v) is 8.00. The normalized spacial score (nSPS) is 32.7. The first-order chi connectivity index (χ1) is 15.1. The highest BCUT2D eigenvalue weighted by Gasteiger charge is 2.57. The Bertz CT molecular complexity index is 802. The summed E-state index contributed by atoms with van der Waals surface area (Å²) in [5.41, 5.74) is 2.11. The zero-order chi connectivity index (χ0) is 21.7. The predicted octanol–water partition coefficient (Wildman–Crippen LogP) is 2.65. The van der Waals surface area contributed by atoms with Crippen LogP contribution in [0.15, 0.2) is 60.7 Å². The number of hydrogen-bond acceptors (Lipinski definition) is 7. The number of benzene rings is 2. The van der Waals surface area contributed by atoms with E-state index in [1.165, 1.54) is 0 Å². The van der Waals surface area contributed by atoms with Gasteiger partial charge in [-0.05, 0) is 18.1 Å². The number of hydrogen-bond donors (Lipinski definition) is 1. The van der Waals surface area contributed by atoms with E-state index in [0.29, 0.717) is 19.8 Å². The molecule has 7 heteroatoms. The van der Waals surface area contributed by atoms with Crippen molar-refractivity contribution in [2.75, 3.05) is 20.3 Å². The molecule has 0 radical (unpaired) electrons. The molecule has 2 aliphatic heterocycles. The summed E-state index contributed by atoms with van der Waals surface area (Å²) in [5.74, 6) is -1.13. The number of ether oxygens (including phenoxy) is 6. The summed E-state index contributed by atoms with van der Waals surface area (Å²) >= 11 is 0. The fraction of sp³-hybridized carbons (Fsp3) is 0.500. The maximum absolute atomic E-state index is 9.81. The third-order valence-corrected chi connectivity index (χ3v) is 5.56. The summed E-state index contributed by atoms with van der Waals surface area (Å²) < 4.78 is 36.0. The third kappa shape index (κ3) is 5.32. The van der Waals surface area contributed by atoms with Crippen molar-refractivity contribution in [3.8, 4) is 0 Å². The Kier molecular flexibility index (Phi) is 7.35. The lowest BCUT2D eigenvalue weighted by atomic mass is 9.99. The molecule has 0 saturated carbocycles. The van der Waals surface area contributed by atoms with E-state index in [1.54, 1.807) is 14.0 Å². The lowest BCUT2D eigenvalue weighted by Crippen LogP contribution is -2.58. The van der Waals surface area contributed by atoms with Crippen LogP contribution < -0.4 is 0 Å². The van der Waals surface area contributed by atoms with E-state index in [4.69, 9.17) is 28.4 Å². The van der Waals surface area contributed by atoms with Crippen LogP contribution in [0, 0.1) is 0 Å². The van der Waals surface area contributed by atoms with Gasteiger partial charge in [-0.3, -0.25) is 0 Å². The van der Waals surface area contributed by atoms with E-state index in [0.717, 1.165) is 11.1 Å². The third-order valence-electron chi connectivity index (χ3n) is 5.56. The van der Waals surface area contributed by atoms with Gasteiger partial charge in [-0.1, -0.05) is 60.7 Å². The number of aliphatic hydroxyl groups excluding tert-OH is 1. The fourth-order valence-corrected chi connectivity index (χ4v) is 3.97. The second-order valence-electron chi connectivity index (χ2n) is 8.00. The molecule has 7 nitrogen and oxygen atoms in total. The molecule has 0 amide bonds. The minimum absolute atomic E-state index is 0.277. The zero-order valence-corrected chi connectivity index (χ0v) is 17.9. The SMILES string of the molecule is CO[C@H]1O[C@H](COCc2ccccc2)[C@@H]2O[C@](C)(CO)O[C@@H]2[C@H]1OCc1ccccc1. The fourth-order valence-electron chi connectivity index (χ4n) is 3.97. The van der Waals surface area contributed by atoms with Gasteiger partial charge >= 0.3 is 0 Å². The predicted molar refractivity (Wildman–Crippen MR) is 112 cm³/mol. The molecule has 2 fully saturated rings. The summed E-state index contributed by atoms with van der Waals surface area (Å²) in [5, 5.41) is 9.81. The molecular formula is C24H30O7. The molecule has 1 N–H and O–H groups in total. The average molecular weight is 430 g/mol. The minimum Gasteiger partial charge on any atom is -0.391 e. The van der Waals surface area contributed by atoms with E-state index in [2.05, 4.69) is 0 Å². The molecule has 0 spiro atoms. The van der Waals surface area contributed by atoms with Crippen molar-refractivity contribution in [2.45, 2.75) is 56.6 Å². The van der Waals surface area contributed by atoms with Crippen molar-refractivity contribution < 1.29 is 33.5 Å². The second kappa shape index (κ2) is 10.2. The highest BCUT2D eigenvalue weighted by atomic mass is 16.8. The Balaban J connectivity index is 1.45. The molecule has 0 aliphatic carbocycles. The van der Waals surface area contributed by atoms with Crippen molar-refractivity contribution in [2.24, 2.45) is 0 Å². The molecule has 2 heterocycles. The molecule has 2 saturated heterocycles. The Morgan fingerprint density at radius 1 is 0.903 bits per heavy atom. The molecule has 4 rings (SSSR count). The number of fused-ring (bicyclic) bond motifs is 1. The number of aliphatic hydroxyl groups is 1. The summed E-state index contributed by atoms with van der Waals surface area (Å²) in [6.45, 7) is 2.57. The smallest absolute Gasteiger partial charge is 0.189 e. The lowest BCUT2D eigenvalue weighted by molar-refractivity contribution is -0.288. The van der Waals surface area contributed by atoms with Gasteiger partial charge in [0.15, 0.2) is 12.1 Å². The molecule has 6 atom stereocenters. The molecule has 0 unspecified atom stereocenters. The number of rotatable bonds is 9. The van der Waals surface area contributed by atoms with Crippen LogP contribution in [0.5, 0.6) is 0 Å². The van der Waals surface area contributed by atoms with Gasteiger partial charge in [-0.25, -0.2) is 0 Å². The Morgan fingerprint density at radius 3 is 2.13 bits per heavy atom. The van der Waals surface area contributed by atoms with Gasteiger partial charge in [0.05, 0.1) is 26.4 Å². The van der Waals surface area contributed by atoms with Crippen LogP contribution in [0.4, 0.5) is 0 Å². The lowest BCUT2D eigenvalue weighted by Gasteiger charge is -2.41. The van der Waals surface area contributed by atoms with Crippen LogP contribution in [0.3, 0.4) is 0 Å². The van der Waals surface area contributed by atoms with E-state index >= 15 is 0 Å². The van der Waals surface area contributed by atoms with Gasteiger partial charge < -0.3 is 33.5 Å². The van der Waals surface area contributed by atoms with Crippen LogP contribution in [-0.4, -0.2) is 61.9 Å². The van der Waals surface area contributed by atoms with Crippen molar-refractivity contribution in [3.63, 3.8) is 0 Å². The zero-order valence-electron chi connectivity index (χ0n) is 17.9. The van der Waals surface area contributed by atoms with E-state index < -0.39 is 36.5 Å². The van der Waals surface area contributed by atoms with Crippen molar-refractivity contribution in [1.29, 1.82) is 0 Å². The van der Waals surface area contributed by atoms with Crippen LogP contribution in [-0.2, 0) is 41.6 Å². The maximum atomic E-state index is 9.81. The quantitative estimate of drug-likeness (QED) is 0.656. The Morgan fingerprint density at radius 2 is 1.52 bits per heavy atom. The molecular weight excluding hydrogens is 400 g/mol. The first-order valence-corrected chi connectivity index (χ1v) is 10.5. The highest BCUT2D eigenvalue weighted by molar-refractivity contribution is 5.14. The van der Waals surface area contributed by atoms with E-state index in [9.17, 15) is 5.11 Å². The van der Waals surface area contributed by atoms with Crippen molar-refractivity contribution in [3.05, 3.63) is 71.8 Å². The molecule has 2 aliphatic rings. The summed E-state index contributed by atoms with van der Waals surface area (Å²) in [6.07, 6.45) is -2.53. The molecule has 31 heavy (non-hydrogen) atoms. The van der Waals surface area contributed by atoms with Gasteiger partial charge in [0.1, 0.15) is 24.4 Å². The molecule has 0 bridgehead atoms. The Labute approximate surface area is 182 Å². The summed E-state index contributed by atoms with van der Waals surface area (Å²) in [7, 11) is 1.58. The first-order valence-electron chi connectivity index (χ1n) is 10.5. The maximum Gasteiger partial charge on any atom is 0.189 e. The molecule has 2 aromatic carbocycles. The molecule has 168 valence electrons. The number of methoxy groups -OCH3 is 1. The Hall–Kier alpha value is -1.84. The van der Waals surface area contributed by atoms with Crippen molar-refractivity contribution >= 4 is 0 Å². The van der Waals surface area contributed by atoms with Gasteiger partial charge in [-0.15, -0.1) is 0 Å². The first kappa shape index (κ1) is 22.4. The molecule has 2 aromatic rings. The summed E-state index contributed by atoms with van der Waals surface area (Å²) in [6, 6.07) is 19.8. The molecule has 0 aromatic heterocycles. The van der Waals surface area contributed by atoms with E-state index in [-0.39, 0.29) is 6.61 Å². The van der Waals surface area contributed by atoms with Crippen LogP contribution in [0.1, 0.15) is 18.1 Å². The van der Waals surface area contributed by atoms with Gasteiger partial charge in [-0.2, -0.15) is 0 Å². The van der Waals surface area contributed by atoms with Crippen LogP contribution in [0.2, 0.25) is 0 Å². The largest absolute Gasteiger partial charge is 0.391 e. The van der Waals surface area contributed by atoms with E-state index in [1.807, 2.05) is 60.7 Å². The summed E-state index contributed by atoms with van der Waals surface area (Å²) in [4.78, 5) is 0.